The standard InChI is InChI=1S/C10H20N2O2/c11-5-3-9-13-7-1-2-8-14-10-4-6-12/h1,3-7,9-12H2. The molecule has 0 amide bonds. The first-order chi connectivity index (χ1) is 6.91. The van der Waals surface area contributed by atoms with E-state index in [1.807, 2.05) is 0 Å². The molecule has 4 nitrogen and oxygen atoms in total. The van der Waals surface area contributed by atoms with E-state index in [1.165, 1.54) is 0 Å². The quantitative estimate of drug-likeness (QED) is 0.429. The second-order valence-electron chi connectivity index (χ2n) is 2.77. The minimum absolute atomic E-state index is 0.609. The fraction of sp³-hybridized carbons (Fsp3) is 0.800. The van der Waals surface area contributed by atoms with Gasteiger partial charge in [0.2, 0.25) is 0 Å². The third-order valence-corrected chi connectivity index (χ3v) is 1.46. The van der Waals surface area contributed by atoms with E-state index in [-0.39, 0.29) is 0 Å². The van der Waals surface area contributed by atoms with Gasteiger partial charge in [-0.15, -0.1) is 0 Å². The predicted octanol–water partition coefficient (Wildman–Crippen LogP) is 0.0682. The Balaban J connectivity index is 3.02. The first-order valence-corrected chi connectivity index (χ1v) is 4.99. The van der Waals surface area contributed by atoms with E-state index in [4.69, 9.17) is 20.9 Å². The molecule has 0 unspecified atom stereocenters. The van der Waals surface area contributed by atoms with Crippen LogP contribution in [0.4, 0.5) is 0 Å². The van der Waals surface area contributed by atoms with Gasteiger partial charge in [-0.1, -0.05) is 5.92 Å². The second kappa shape index (κ2) is 12.2. The molecule has 0 heterocycles. The Morgan fingerprint density at radius 2 is 1.64 bits per heavy atom. The summed E-state index contributed by atoms with van der Waals surface area (Å²) >= 11 is 0. The molecule has 4 N–H and O–H groups in total. The summed E-state index contributed by atoms with van der Waals surface area (Å²) in [5.74, 6) is 2.85. The van der Waals surface area contributed by atoms with Crippen LogP contribution in [0.1, 0.15) is 19.3 Å². The Morgan fingerprint density at radius 3 is 2.36 bits per heavy atom. The maximum atomic E-state index is 5.30. The molecule has 0 spiro atoms. The Hall–Kier alpha value is -0.760. The summed E-state index contributed by atoms with van der Waals surface area (Å²) in [6.45, 7) is 3.29. The van der Waals surface area contributed by atoms with Crippen LogP contribution in [-0.2, 0) is 9.47 Å². The van der Waals surface area contributed by atoms with Crippen molar-refractivity contribution in [1.29, 1.82) is 0 Å². The zero-order chi connectivity index (χ0) is 10.5. The van der Waals surface area contributed by atoms with Crippen LogP contribution in [0.15, 0.2) is 0 Å². The predicted molar refractivity (Wildman–Crippen MR) is 56.5 cm³/mol. The van der Waals surface area contributed by atoms with Gasteiger partial charge < -0.3 is 20.9 Å². The normalized spacial score (nSPS) is 9.29. The fourth-order valence-electron chi connectivity index (χ4n) is 0.719. The van der Waals surface area contributed by atoms with Gasteiger partial charge in [0.05, 0.1) is 6.61 Å². The van der Waals surface area contributed by atoms with Gasteiger partial charge in [0.1, 0.15) is 12.7 Å². The monoisotopic (exact) mass is 200 g/mol. The first kappa shape index (κ1) is 13.2. The van der Waals surface area contributed by atoms with Crippen molar-refractivity contribution in [1.82, 2.24) is 0 Å². The molecule has 0 atom stereocenters. The fourth-order valence-corrected chi connectivity index (χ4v) is 0.719. The van der Waals surface area contributed by atoms with Crippen molar-refractivity contribution < 1.29 is 9.47 Å². The van der Waals surface area contributed by atoms with Crippen LogP contribution in [0, 0.1) is 12.0 Å². The number of ether oxygens (including phenoxy) is 2. The minimum Gasteiger partial charge on any atom is -0.447 e. The second-order valence-corrected chi connectivity index (χ2v) is 2.77. The van der Waals surface area contributed by atoms with Crippen LogP contribution >= 0.6 is 0 Å². The summed E-state index contributed by atoms with van der Waals surface area (Å²) in [5.41, 5.74) is 10.6. The molecule has 0 radical (unpaired) electrons. The van der Waals surface area contributed by atoms with E-state index >= 15 is 0 Å². The molecule has 0 saturated heterocycles. The van der Waals surface area contributed by atoms with E-state index in [0.29, 0.717) is 39.3 Å². The number of rotatable bonds is 8. The average Bonchev–Trinajstić information content (AvgIpc) is 2.21. The van der Waals surface area contributed by atoms with E-state index in [2.05, 4.69) is 12.0 Å². The van der Waals surface area contributed by atoms with Crippen LogP contribution < -0.4 is 11.5 Å². The lowest BCUT2D eigenvalue weighted by atomic mass is 10.4. The van der Waals surface area contributed by atoms with Crippen molar-refractivity contribution in [2.45, 2.75) is 19.3 Å². The van der Waals surface area contributed by atoms with Crippen molar-refractivity contribution in [2.75, 3.05) is 32.9 Å². The molecule has 0 aromatic carbocycles. The highest BCUT2D eigenvalue weighted by Gasteiger charge is 1.85. The van der Waals surface area contributed by atoms with Crippen LogP contribution in [0.5, 0.6) is 0 Å². The summed E-state index contributed by atoms with van der Waals surface area (Å²) in [7, 11) is 0. The Bertz CT molecular complexity index is 163. The molecule has 0 aliphatic heterocycles. The molecular weight excluding hydrogens is 180 g/mol. The topological polar surface area (TPSA) is 70.5 Å². The molecule has 0 bridgehead atoms. The largest absolute Gasteiger partial charge is 0.447 e. The van der Waals surface area contributed by atoms with Crippen LogP contribution in [0.2, 0.25) is 0 Å². The summed E-state index contributed by atoms with van der Waals surface area (Å²) in [4.78, 5) is 0. The van der Waals surface area contributed by atoms with Crippen molar-refractivity contribution >= 4 is 0 Å². The van der Waals surface area contributed by atoms with E-state index < -0.39 is 0 Å². The summed E-state index contributed by atoms with van der Waals surface area (Å²) in [5, 5.41) is 0. The number of nitrogens with two attached hydrogens (primary N) is 2. The molecule has 0 aromatic heterocycles. The van der Waals surface area contributed by atoms with E-state index in [9.17, 15) is 0 Å². The van der Waals surface area contributed by atoms with E-state index in [0.717, 1.165) is 12.8 Å². The van der Waals surface area contributed by atoms with Crippen molar-refractivity contribution in [3.05, 3.63) is 0 Å². The van der Waals surface area contributed by atoms with Crippen LogP contribution in [0.25, 0.3) is 0 Å². The Morgan fingerprint density at radius 1 is 0.929 bits per heavy atom. The summed E-state index contributed by atoms with van der Waals surface area (Å²) in [6, 6.07) is 0. The highest BCUT2D eigenvalue weighted by Crippen LogP contribution is 1.83. The average molecular weight is 200 g/mol. The maximum Gasteiger partial charge on any atom is 0.110 e. The van der Waals surface area contributed by atoms with Crippen LogP contribution in [-0.4, -0.2) is 32.9 Å². The summed E-state index contributed by atoms with van der Waals surface area (Å²) < 4.78 is 10.2. The smallest absolute Gasteiger partial charge is 0.110 e. The van der Waals surface area contributed by atoms with Crippen molar-refractivity contribution in [3.8, 4) is 12.0 Å². The van der Waals surface area contributed by atoms with Crippen LogP contribution in [0.3, 0.4) is 0 Å². The molecule has 0 aliphatic rings. The Labute approximate surface area is 85.9 Å². The van der Waals surface area contributed by atoms with Gasteiger partial charge in [-0.25, -0.2) is 0 Å². The number of hydrogen-bond donors (Lipinski definition) is 2. The zero-order valence-corrected chi connectivity index (χ0v) is 8.63. The van der Waals surface area contributed by atoms with E-state index in [1.54, 1.807) is 0 Å². The lowest BCUT2D eigenvalue weighted by Crippen LogP contribution is -2.04. The van der Waals surface area contributed by atoms with Gasteiger partial charge in [0, 0.05) is 13.0 Å². The maximum absolute atomic E-state index is 5.30. The van der Waals surface area contributed by atoms with Gasteiger partial charge in [-0.2, -0.15) is 0 Å². The lowest BCUT2D eigenvalue weighted by Gasteiger charge is -1.98. The lowest BCUT2D eigenvalue weighted by molar-refractivity contribution is 0.138. The highest BCUT2D eigenvalue weighted by atomic mass is 16.5. The molecule has 4 heteroatoms. The molecule has 0 aromatic rings. The molecule has 82 valence electrons. The molecule has 0 rings (SSSR count). The molecule has 0 saturated carbocycles. The first-order valence-electron chi connectivity index (χ1n) is 4.99. The van der Waals surface area contributed by atoms with Gasteiger partial charge in [-0.05, 0) is 25.9 Å². The SMILES string of the molecule is NCCCOC#CCCOCCCN. The molecule has 0 aliphatic carbocycles. The van der Waals surface area contributed by atoms with Crippen molar-refractivity contribution in [3.63, 3.8) is 0 Å². The third kappa shape index (κ3) is 11.2. The molecule has 14 heavy (non-hydrogen) atoms. The highest BCUT2D eigenvalue weighted by molar-refractivity contribution is 4.91. The van der Waals surface area contributed by atoms with Gasteiger partial charge in [0.15, 0.2) is 0 Å². The molecule has 0 fully saturated rings. The zero-order valence-electron chi connectivity index (χ0n) is 8.63. The number of hydrogen-bond acceptors (Lipinski definition) is 4. The summed E-state index contributed by atoms with van der Waals surface area (Å²) in [6.07, 6.45) is 5.05. The van der Waals surface area contributed by atoms with Gasteiger partial charge >= 0.3 is 0 Å². The molecular formula is C10H20N2O2. The van der Waals surface area contributed by atoms with Crippen molar-refractivity contribution in [2.24, 2.45) is 11.5 Å². The minimum atomic E-state index is 0.609. The van der Waals surface area contributed by atoms with Gasteiger partial charge in [-0.3, -0.25) is 0 Å². The third-order valence-electron chi connectivity index (χ3n) is 1.46. The van der Waals surface area contributed by atoms with Gasteiger partial charge in [0.25, 0.3) is 0 Å². The Kier molecular flexibility index (Phi) is 11.6.